The van der Waals surface area contributed by atoms with Crippen LogP contribution in [-0.4, -0.2) is 6.61 Å². The molecule has 0 atom stereocenters. The van der Waals surface area contributed by atoms with Crippen molar-refractivity contribution in [3.63, 3.8) is 0 Å². The monoisotopic (exact) mass is 218 g/mol. The fourth-order valence-corrected chi connectivity index (χ4v) is 1.12. The van der Waals surface area contributed by atoms with E-state index in [9.17, 15) is 13.2 Å². The van der Waals surface area contributed by atoms with E-state index in [0.717, 1.165) is 25.0 Å². The Morgan fingerprint density at radius 3 is 2.47 bits per heavy atom. The predicted octanol–water partition coefficient (Wildman–Crippen LogP) is 3.42. The summed E-state index contributed by atoms with van der Waals surface area (Å²) in [5.41, 5.74) is -0.342. The second kappa shape index (κ2) is 5.75. The molecule has 4 heteroatoms. The minimum Gasteiger partial charge on any atom is -0.377 e. The highest BCUT2D eigenvalue weighted by Crippen LogP contribution is 2.16. The summed E-state index contributed by atoms with van der Waals surface area (Å²) in [5.74, 6) is -2.98. The minimum atomic E-state index is -1.16. The van der Waals surface area contributed by atoms with Crippen LogP contribution in [0, 0.1) is 17.5 Å². The van der Waals surface area contributed by atoms with Crippen LogP contribution in [0.3, 0.4) is 0 Å². The summed E-state index contributed by atoms with van der Waals surface area (Å²) in [6.07, 6.45) is 1.76. The summed E-state index contributed by atoms with van der Waals surface area (Å²) in [6, 6.07) is 1.66. The molecule has 0 aromatic heterocycles. The number of unbranched alkanes of at least 4 members (excludes halogenated alkanes) is 1. The third-order valence-corrected chi connectivity index (χ3v) is 2.03. The van der Waals surface area contributed by atoms with Crippen LogP contribution in [0.2, 0.25) is 0 Å². The molecule has 0 spiro atoms. The largest absolute Gasteiger partial charge is 0.377 e. The molecular weight excluding hydrogens is 205 g/mol. The third-order valence-electron chi connectivity index (χ3n) is 2.03. The molecule has 1 rings (SSSR count). The Morgan fingerprint density at radius 1 is 1.13 bits per heavy atom. The van der Waals surface area contributed by atoms with Gasteiger partial charge in [0.15, 0.2) is 11.6 Å². The average Bonchev–Trinajstić information content (AvgIpc) is 2.23. The SMILES string of the molecule is CCCCOCc1c(F)ccc(F)c1F. The van der Waals surface area contributed by atoms with E-state index in [0.29, 0.717) is 6.61 Å². The van der Waals surface area contributed by atoms with E-state index in [2.05, 4.69) is 0 Å². The van der Waals surface area contributed by atoms with Gasteiger partial charge in [-0.05, 0) is 18.6 Å². The molecule has 0 aliphatic heterocycles. The zero-order valence-corrected chi connectivity index (χ0v) is 8.53. The lowest BCUT2D eigenvalue weighted by Crippen LogP contribution is -2.02. The van der Waals surface area contributed by atoms with Crippen molar-refractivity contribution >= 4 is 0 Å². The summed E-state index contributed by atoms with van der Waals surface area (Å²) in [7, 11) is 0. The highest BCUT2D eigenvalue weighted by molar-refractivity contribution is 5.20. The molecule has 0 saturated heterocycles. The molecule has 0 radical (unpaired) electrons. The maximum atomic E-state index is 13.1. The molecule has 1 aromatic carbocycles. The van der Waals surface area contributed by atoms with Gasteiger partial charge in [-0.2, -0.15) is 0 Å². The van der Waals surface area contributed by atoms with Crippen molar-refractivity contribution in [1.82, 2.24) is 0 Å². The van der Waals surface area contributed by atoms with Crippen LogP contribution in [0.5, 0.6) is 0 Å². The number of hydrogen-bond donors (Lipinski definition) is 0. The minimum absolute atomic E-state index is 0.227. The van der Waals surface area contributed by atoms with Crippen LogP contribution in [0.15, 0.2) is 12.1 Å². The molecular formula is C11H13F3O. The third kappa shape index (κ3) is 3.23. The first-order valence-corrected chi connectivity index (χ1v) is 4.87. The van der Waals surface area contributed by atoms with Crippen molar-refractivity contribution in [2.45, 2.75) is 26.4 Å². The van der Waals surface area contributed by atoms with Crippen LogP contribution >= 0.6 is 0 Å². The van der Waals surface area contributed by atoms with Gasteiger partial charge < -0.3 is 4.74 Å². The zero-order valence-electron chi connectivity index (χ0n) is 8.53. The maximum absolute atomic E-state index is 13.1. The highest BCUT2D eigenvalue weighted by Gasteiger charge is 2.13. The summed E-state index contributed by atoms with van der Waals surface area (Å²) in [6.45, 7) is 2.17. The summed E-state index contributed by atoms with van der Waals surface area (Å²) in [5, 5.41) is 0. The van der Waals surface area contributed by atoms with E-state index in [4.69, 9.17) is 4.74 Å². The number of rotatable bonds is 5. The lowest BCUT2D eigenvalue weighted by Gasteiger charge is -2.06. The van der Waals surface area contributed by atoms with Gasteiger partial charge in [-0.25, -0.2) is 13.2 Å². The molecule has 0 N–H and O–H groups in total. The topological polar surface area (TPSA) is 9.23 Å². The first-order valence-electron chi connectivity index (χ1n) is 4.87. The van der Waals surface area contributed by atoms with Crippen molar-refractivity contribution in [2.75, 3.05) is 6.61 Å². The average molecular weight is 218 g/mol. The van der Waals surface area contributed by atoms with Crippen LogP contribution in [0.4, 0.5) is 13.2 Å². The van der Waals surface area contributed by atoms with Gasteiger partial charge in [0.25, 0.3) is 0 Å². The molecule has 15 heavy (non-hydrogen) atoms. The maximum Gasteiger partial charge on any atom is 0.167 e. The van der Waals surface area contributed by atoms with E-state index in [1.165, 1.54) is 0 Å². The van der Waals surface area contributed by atoms with Crippen molar-refractivity contribution in [2.24, 2.45) is 0 Å². The highest BCUT2D eigenvalue weighted by atomic mass is 19.2. The molecule has 1 nitrogen and oxygen atoms in total. The number of benzene rings is 1. The number of ether oxygens (including phenoxy) is 1. The van der Waals surface area contributed by atoms with Crippen molar-refractivity contribution < 1.29 is 17.9 Å². The Hall–Kier alpha value is -1.03. The summed E-state index contributed by atoms with van der Waals surface area (Å²) < 4.78 is 43.9. The predicted molar refractivity (Wildman–Crippen MR) is 50.9 cm³/mol. The smallest absolute Gasteiger partial charge is 0.167 e. The van der Waals surface area contributed by atoms with Crippen molar-refractivity contribution in [3.8, 4) is 0 Å². The van der Waals surface area contributed by atoms with Gasteiger partial charge in [0.05, 0.1) is 12.2 Å². The van der Waals surface area contributed by atoms with Crippen LogP contribution in [0.25, 0.3) is 0 Å². The Kier molecular flexibility index (Phi) is 4.62. The Bertz CT molecular complexity index is 326. The Morgan fingerprint density at radius 2 is 1.80 bits per heavy atom. The molecule has 0 fully saturated rings. The summed E-state index contributed by atoms with van der Waals surface area (Å²) >= 11 is 0. The molecule has 0 heterocycles. The molecule has 0 unspecified atom stereocenters. The molecule has 84 valence electrons. The van der Waals surface area contributed by atoms with Gasteiger partial charge in [-0.15, -0.1) is 0 Å². The van der Waals surface area contributed by atoms with Gasteiger partial charge in [-0.1, -0.05) is 13.3 Å². The standard InChI is InChI=1S/C11H13F3O/c1-2-3-6-15-7-8-9(12)4-5-10(13)11(8)14/h4-5H,2-3,6-7H2,1H3. The fraction of sp³-hybridized carbons (Fsp3) is 0.455. The molecule has 1 aromatic rings. The van der Waals surface area contributed by atoms with Gasteiger partial charge >= 0.3 is 0 Å². The second-order valence-electron chi connectivity index (χ2n) is 3.23. The van der Waals surface area contributed by atoms with Crippen LogP contribution < -0.4 is 0 Å². The van der Waals surface area contributed by atoms with E-state index in [1.807, 2.05) is 6.92 Å². The lowest BCUT2D eigenvalue weighted by molar-refractivity contribution is 0.112. The van der Waals surface area contributed by atoms with E-state index in [1.54, 1.807) is 0 Å². The van der Waals surface area contributed by atoms with E-state index >= 15 is 0 Å². The van der Waals surface area contributed by atoms with Gasteiger partial charge in [0.2, 0.25) is 0 Å². The molecule has 0 amide bonds. The van der Waals surface area contributed by atoms with Crippen molar-refractivity contribution in [1.29, 1.82) is 0 Å². The lowest BCUT2D eigenvalue weighted by atomic mass is 10.2. The Labute approximate surface area is 86.9 Å². The fourth-order valence-electron chi connectivity index (χ4n) is 1.12. The second-order valence-corrected chi connectivity index (χ2v) is 3.23. The normalized spacial score (nSPS) is 10.7. The molecule has 0 aliphatic rings. The molecule has 0 aliphatic carbocycles. The van der Waals surface area contributed by atoms with Crippen LogP contribution in [-0.2, 0) is 11.3 Å². The van der Waals surface area contributed by atoms with Gasteiger partial charge in [-0.3, -0.25) is 0 Å². The van der Waals surface area contributed by atoms with Gasteiger partial charge in [0.1, 0.15) is 5.82 Å². The van der Waals surface area contributed by atoms with Crippen LogP contribution in [0.1, 0.15) is 25.3 Å². The van der Waals surface area contributed by atoms with Crippen molar-refractivity contribution in [3.05, 3.63) is 35.1 Å². The first kappa shape index (κ1) is 12.0. The van der Waals surface area contributed by atoms with Gasteiger partial charge in [0, 0.05) is 6.61 Å². The van der Waals surface area contributed by atoms with E-state index < -0.39 is 17.5 Å². The first-order chi connectivity index (χ1) is 7.16. The number of halogens is 3. The quantitative estimate of drug-likeness (QED) is 0.543. The molecule has 0 saturated carbocycles. The molecule has 0 bridgehead atoms. The summed E-state index contributed by atoms with van der Waals surface area (Å²) in [4.78, 5) is 0. The van der Waals surface area contributed by atoms with E-state index in [-0.39, 0.29) is 12.2 Å². The number of hydrogen-bond acceptors (Lipinski definition) is 1. The Balaban J connectivity index is 2.63. The zero-order chi connectivity index (χ0) is 11.3.